The molecule has 1 aromatic heterocycles. The Morgan fingerprint density at radius 3 is 1.42 bits per heavy atom. The Hall–Kier alpha value is -0.790. The van der Waals surface area contributed by atoms with E-state index < -0.39 is 0 Å². The third-order valence-corrected chi connectivity index (χ3v) is 5.38. The molecular weight excluding hydrogens is 292 g/mol. The average Bonchev–Trinajstić information content (AvgIpc) is 2.81. The Morgan fingerprint density at radius 1 is 0.625 bits per heavy atom. The predicted octanol–water partition coefficient (Wildman–Crippen LogP) is 7.29. The monoisotopic (exact) mass is 334 g/mol. The standard InChI is InChI=1S/C22H42N2/c1-5-6-7-8-9-10-11-12-13-14-15-16-17-18-19-24-21(3)20(2)23-22(24)4/h5-19H2,1-4H3. The first-order valence-electron chi connectivity index (χ1n) is 10.7. The second kappa shape index (κ2) is 13.5. The topological polar surface area (TPSA) is 17.8 Å². The zero-order valence-electron chi connectivity index (χ0n) is 17.0. The van der Waals surface area contributed by atoms with Gasteiger partial charge in [-0.3, -0.25) is 0 Å². The smallest absolute Gasteiger partial charge is 0.106 e. The molecule has 0 fully saturated rings. The lowest BCUT2D eigenvalue weighted by molar-refractivity contribution is 0.520. The number of aromatic nitrogens is 2. The summed E-state index contributed by atoms with van der Waals surface area (Å²) in [4.78, 5) is 4.56. The van der Waals surface area contributed by atoms with Gasteiger partial charge in [0.15, 0.2) is 0 Å². The highest BCUT2D eigenvalue weighted by Gasteiger charge is 2.06. The summed E-state index contributed by atoms with van der Waals surface area (Å²) in [6, 6.07) is 0. The third kappa shape index (κ3) is 8.89. The van der Waals surface area contributed by atoms with Crippen LogP contribution in [-0.2, 0) is 6.54 Å². The van der Waals surface area contributed by atoms with Gasteiger partial charge in [-0.05, 0) is 27.2 Å². The fourth-order valence-electron chi connectivity index (χ4n) is 3.62. The first kappa shape index (κ1) is 21.3. The number of imidazole rings is 1. The molecule has 2 nitrogen and oxygen atoms in total. The van der Waals surface area contributed by atoms with E-state index in [0.717, 1.165) is 6.54 Å². The van der Waals surface area contributed by atoms with Crippen molar-refractivity contribution in [3.05, 3.63) is 17.2 Å². The maximum atomic E-state index is 4.56. The number of unbranched alkanes of at least 4 members (excludes halogenated alkanes) is 13. The number of aryl methyl sites for hydroxylation is 2. The number of hydrogen-bond acceptors (Lipinski definition) is 1. The second-order valence-electron chi connectivity index (χ2n) is 7.58. The molecule has 0 amide bonds. The van der Waals surface area contributed by atoms with Gasteiger partial charge in [-0.1, -0.05) is 90.4 Å². The fraction of sp³-hybridized carbons (Fsp3) is 0.864. The van der Waals surface area contributed by atoms with Crippen LogP contribution < -0.4 is 0 Å². The van der Waals surface area contributed by atoms with Gasteiger partial charge in [0.2, 0.25) is 0 Å². The molecular formula is C22H42N2. The van der Waals surface area contributed by atoms with Gasteiger partial charge < -0.3 is 4.57 Å². The van der Waals surface area contributed by atoms with E-state index in [1.165, 1.54) is 107 Å². The van der Waals surface area contributed by atoms with Gasteiger partial charge in [0.25, 0.3) is 0 Å². The molecule has 0 saturated carbocycles. The van der Waals surface area contributed by atoms with Crippen LogP contribution in [0.4, 0.5) is 0 Å². The molecule has 140 valence electrons. The third-order valence-electron chi connectivity index (χ3n) is 5.38. The quantitative estimate of drug-likeness (QED) is 0.308. The number of nitrogens with zero attached hydrogens (tertiary/aromatic N) is 2. The maximum Gasteiger partial charge on any atom is 0.106 e. The second-order valence-corrected chi connectivity index (χ2v) is 7.58. The van der Waals surface area contributed by atoms with Gasteiger partial charge in [0.05, 0.1) is 5.69 Å². The van der Waals surface area contributed by atoms with Gasteiger partial charge in [-0.2, -0.15) is 0 Å². The summed E-state index contributed by atoms with van der Waals surface area (Å²) in [5, 5.41) is 0. The summed E-state index contributed by atoms with van der Waals surface area (Å²) in [6.45, 7) is 9.88. The highest BCUT2D eigenvalue weighted by Crippen LogP contribution is 2.14. The van der Waals surface area contributed by atoms with Gasteiger partial charge >= 0.3 is 0 Å². The van der Waals surface area contributed by atoms with Crippen LogP contribution in [0.1, 0.15) is 114 Å². The lowest BCUT2D eigenvalue weighted by Crippen LogP contribution is -2.02. The molecule has 0 aromatic carbocycles. The van der Waals surface area contributed by atoms with E-state index in [0.29, 0.717) is 0 Å². The zero-order valence-corrected chi connectivity index (χ0v) is 17.0. The van der Waals surface area contributed by atoms with Crippen molar-refractivity contribution in [2.75, 3.05) is 0 Å². The van der Waals surface area contributed by atoms with Crippen molar-refractivity contribution in [1.82, 2.24) is 9.55 Å². The van der Waals surface area contributed by atoms with Crippen molar-refractivity contribution in [1.29, 1.82) is 0 Å². The van der Waals surface area contributed by atoms with E-state index in [4.69, 9.17) is 0 Å². The minimum Gasteiger partial charge on any atom is -0.332 e. The summed E-state index contributed by atoms with van der Waals surface area (Å²) in [5.41, 5.74) is 2.54. The molecule has 0 atom stereocenters. The highest BCUT2D eigenvalue weighted by atomic mass is 15.1. The van der Waals surface area contributed by atoms with Crippen molar-refractivity contribution in [3.8, 4) is 0 Å². The van der Waals surface area contributed by atoms with Crippen molar-refractivity contribution in [2.24, 2.45) is 0 Å². The van der Waals surface area contributed by atoms with Crippen molar-refractivity contribution >= 4 is 0 Å². The van der Waals surface area contributed by atoms with Gasteiger partial charge in [0, 0.05) is 12.2 Å². The van der Waals surface area contributed by atoms with Crippen molar-refractivity contribution in [2.45, 2.75) is 124 Å². The molecule has 1 rings (SSSR count). The maximum absolute atomic E-state index is 4.56. The normalized spacial score (nSPS) is 11.3. The molecule has 0 saturated heterocycles. The lowest BCUT2D eigenvalue weighted by Gasteiger charge is -2.08. The largest absolute Gasteiger partial charge is 0.332 e. The van der Waals surface area contributed by atoms with Gasteiger partial charge in [-0.25, -0.2) is 4.98 Å². The van der Waals surface area contributed by atoms with Crippen LogP contribution in [0.3, 0.4) is 0 Å². The summed E-state index contributed by atoms with van der Waals surface area (Å²) in [5.74, 6) is 1.18. The molecule has 24 heavy (non-hydrogen) atoms. The van der Waals surface area contributed by atoms with Crippen LogP contribution in [0.25, 0.3) is 0 Å². The SMILES string of the molecule is CCCCCCCCCCCCCCCCn1c(C)nc(C)c1C. The Kier molecular flexibility index (Phi) is 12.0. The predicted molar refractivity (Wildman–Crippen MR) is 107 cm³/mol. The summed E-state index contributed by atoms with van der Waals surface area (Å²) < 4.78 is 2.38. The van der Waals surface area contributed by atoms with Crippen LogP contribution in [-0.4, -0.2) is 9.55 Å². The van der Waals surface area contributed by atoms with E-state index >= 15 is 0 Å². The van der Waals surface area contributed by atoms with Gasteiger partial charge in [0.1, 0.15) is 5.82 Å². The van der Waals surface area contributed by atoms with Crippen molar-refractivity contribution < 1.29 is 0 Å². The number of hydrogen-bond donors (Lipinski definition) is 0. The summed E-state index contributed by atoms with van der Waals surface area (Å²) in [6.07, 6.45) is 20.0. The Balaban J connectivity index is 1.86. The average molecular weight is 335 g/mol. The van der Waals surface area contributed by atoms with Gasteiger partial charge in [-0.15, -0.1) is 0 Å². The zero-order chi connectivity index (χ0) is 17.6. The van der Waals surface area contributed by atoms with Crippen LogP contribution in [0, 0.1) is 20.8 Å². The van der Waals surface area contributed by atoms with E-state index in [2.05, 4.69) is 37.2 Å². The molecule has 0 aliphatic heterocycles. The molecule has 0 radical (unpaired) electrons. The molecule has 2 heteroatoms. The molecule has 0 aliphatic rings. The molecule has 0 spiro atoms. The van der Waals surface area contributed by atoms with Crippen LogP contribution in [0.5, 0.6) is 0 Å². The fourth-order valence-corrected chi connectivity index (χ4v) is 3.62. The Bertz CT molecular complexity index is 420. The summed E-state index contributed by atoms with van der Waals surface area (Å²) >= 11 is 0. The minimum absolute atomic E-state index is 1.15. The summed E-state index contributed by atoms with van der Waals surface area (Å²) in [7, 11) is 0. The minimum atomic E-state index is 1.15. The van der Waals surface area contributed by atoms with E-state index in [9.17, 15) is 0 Å². The van der Waals surface area contributed by atoms with Crippen LogP contribution >= 0.6 is 0 Å². The molecule has 0 aliphatic carbocycles. The Labute approximate surface area is 151 Å². The number of rotatable bonds is 15. The highest BCUT2D eigenvalue weighted by molar-refractivity contribution is 5.13. The van der Waals surface area contributed by atoms with E-state index in [-0.39, 0.29) is 0 Å². The van der Waals surface area contributed by atoms with Crippen LogP contribution in [0.2, 0.25) is 0 Å². The van der Waals surface area contributed by atoms with E-state index in [1.807, 2.05) is 0 Å². The van der Waals surface area contributed by atoms with E-state index in [1.54, 1.807) is 0 Å². The van der Waals surface area contributed by atoms with Crippen molar-refractivity contribution in [3.63, 3.8) is 0 Å². The molecule has 1 heterocycles. The first-order valence-corrected chi connectivity index (χ1v) is 10.7. The Morgan fingerprint density at radius 2 is 1.04 bits per heavy atom. The molecule has 0 bridgehead atoms. The molecule has 0 N–H and O–H groups in total. The lowest BCUT2D eigenvalue weighted by atomic mass is 10.0. The first-order chi connectivity index (χ1) is 11.7. The molecule has 1 aromatic rings. The molecule has 0 unspecified atom stereocenters. The van der Waals surface area contributed by atoms with Crippen LogP contribution in [0.15, 0.2) is 0 Å².